The van der Waals surface area contributed by atoms with Crippen molar-refractivity contribution in [1.29, 1.82) is 0 Å². The number of hydrogen-bond acceptors (Lipinski definition) is 9. The van der Waals surface area contributed by atoms with E-state index in [0.29, 0.717) is 19.1 Å². The van der Waals surface area contributed by atoms with E-state index in [-0.39, 0.29) is 0 Å². The molecule has 2 aromatic heterocycles. The quantitative estimate of drug-likeness (QED) is 0.302. The van der Waals surface area contributed by atoms with Gasteiger partial charge >= 0.3 is 0 Å². The van der Waals surface area contributed by atoms with E-state index in [9.17, 15) is 5.11 Å². The summed E-state index contributed by atoms with van der Waals surface area (Å²) in [4.78, 5) is 9.22. The topological polar surface area (TPSA) is 96.6 Å². The molecule has 1 aliphatic rings. The van der Waals surface area contributed by atoms with E-state index in [1.54, 1.807) is 27.5 Å². The number of ether oxygens (including phenoxy) is 3. The smallest absolute Gasteiger partial charge is 0.245 e. The third kappa shape index (κ3) is 6.31. The molecule has 0 spiro atoms. The normalized spacial score (nSPS) is 15.4. The van der Waals surface area contributed by atoms with Gasteiger partial charge in [0.05, 0.1) is 50.0 Å². The highest BCUT2D eigenvalue weighted by molar-refractivity contribution is 5.72. The maximum absolute atomic E-state index is 10.0. The number of benzene rings is 2. The molecule has 1 fully saturated rings. The highest BCUT2D eigenvalue weighted by atomic mass is 16.5. The number of piperazine rings is 1. The second-order valence-electron chi connectivity index (χ2n) is 9.68. The van der Waals surface area contributed by atoms with Gasteiger partial charge < -0.3 is 24.6 Å². The number of β-amino-alcohol motifs (C(OH)–C–C–N with tert-alkyl or cyclic N) is 1. The second-order valence-corrected chi connectivity index (χ2v) is 9.68. The minimum atomic E-state index is -0.444. The number of nitrogens with zero attached hydrogens (tertiary/aromatic N) is 5. The van der Waals surface area contributed by atoms with Gasteiger partial charge in [0.15, 0.2) is 0 Å². The number of aliphatic hydroxyl groups excluding tert-OH is 1. The third-order valence-electron chi connectivity index (χ3n) is 6.99. The fraction of sp³-hybridized carbons (Fsp3) is 0.379. The molecule has 2 N–H and O–H groups in total. The number of aromatic nitrogens is 3. The van der Waals surface area contributed by atoms with Crippen LogP contribution < -0.4 is 14.8 Å². The summed E-state index contributed by atoms with van der Waals surface area (Å²) in [5.74, 6) is 1.98. The van der Waals surface area contributed by atoms with Gasteiger partial charge in [-0.3, -0.25) is 9.80 Å². The summed E-state index contributed by atoms with van der Waals surface area (Å²) in [5.41, 5.74) is 4.73. The lowest BCUT2D eigenvalue weighted by Gasteiger charge is -2.35. The predicted molar refractivity (Wildman–Crippen MR) is 151 cm³/mol. The zero-order valence-corrected chi connectivity index (χ0v) is 22.7. The molecule has 0 unspecified atom stereocenters. The molecule has 0 radical (unpaired) electrons. The van der Waals surface area contributed by atoms with Gasteiger partial charge in [0.2, 0.25) is 5.95 Å². The molecule has 2 aromatic carbocycles. The van der Waals surface area contributed by atoms with Crippen LogP contribution in [0.5, 0.6) is 11.5 Å². The number of nitrogens with one attached hydrogen (secondary N) is 1. The van der Waals surface area contributed by atoms with Gasteiger partial charge in [-0.05, 0) is 42.0 Å². The van der Waals surface area contributed by atoms with Crippen molar-refractivity contribution >= 4 is 17.2 Å². The number of rotatable bonds is 11. The van der Waals surface area contributed by atoms with Gasteiger partial charge in [0, 0.05) is 51.9 Å². The largest absolute Gasteiger partial charge is 0.496 e. The van der Waals surface area contributed by atoms with Crippen molar-refractivity contribution in [2.45, 2.75) is 12.6 Å². The SMILES string of the molecule is COC[C@H](O)CN1CCN(Cc2ccc(Nc3ncc4ccc(-c5ccccc5OC)n4n3)c(OC)c2)CC1. The minimum Gasteiger partial charge on any atom is -0.496 e. The average Bonchev–Trinajstić information content (AvgIpc) is 3.38. The van der Waals surface area contributed by atoms with Crippen LogP contribution in [0.2, 0.25) is 0 Å². The molecule has 0 saturated carbocycles. The van der Waals surface area contributed by atoms with Crippen LogP contribution in [0.4, 0.5) is 11.6 Å². The standard InChI is InChI=1S/C29H36N6O4/c1-37-20-23(36)19-34-14-12-33(13-15-34)18-21-8-10-25(28(16-21)39-3)31-29-30-17-22-9-11-26(35(22)32-29)24-6-4-5-7-27(24)38-2/h4-11,16-17,23,36H,12-15,18-20H2,1-3H3,(H,31,32)/t23-/m1/s1. The zero-order chi connectivity index (χ0) is 27.2. The Kier molecular flexibility index (Phi) is 8.58. The Balaban J connectivity index is 1.27. The maximum atomic E-state index is 10.0. The molecule has 10 nitrogen and oxygen atoms in total. The molecule has 0 amide bonds. The Labute approximate surface area is 228 Å². The first-order valence-corrected chi connectivity index (χ1v) is 13.1. The van der Waals surface area contributed by atoms with E-state index in [0.717, 1.165) is 66.7 Å². The van der Waals surface area contributed by atoms with Crippen molar-refractivity contribution in [3.63, 3.8) is 0 Å². The number of aliphatic hydroxyl groups is 1. The van der Waals surface area contributed by atoms with Crippen LogP contribution in [0.25, 0.3) is 16.8 Å². The summed E-state index contributed by atoms with van der Waals surface area (Å²) in [5, 5.41) is 18.1. The Morgan fingerprint density at radius 3 is 2.46 bits per heavy atom. The summed E-state index contributed by atoms with van der Waals surface area (Å²) in [6.45, 7) is 5.59. The fourth-order valence-corrected chi connectivity index (χ4v) is 5.01. The number of anilines is 2. The molecule has 4 aromatic rings. The first-order chi connectivity index (χ1) is 19.1. The summed E-state index contributed by atoms with van der Waals surface area (Å²) >= 11 is 0. The molecule has 10 heteroatoms. The first kappa shape index (κ1) is 26.9. The van der Waals surface area contributed by atoms with E-state index in [1.165, 1.54) is 5.56 Å². The van der Waals surface area contributed by atoms with Gasteiger partial charge in [-0.25, -0.2) is 9.50 Å². The van der Waals surface area contributed by atoms with Crippen molar-refractivity contribution < 1.29 is 19.3 Å². The van der Waals surface area contributed by atoms with Gasteiger partial charge in [-0.2, -0.15) is 0 Å². The Morgan fingerprint density at radius 1 is 0.923 bits per heavy atom. The predicted octanol–water partition coefficient (Wildman–Crippen LogP) is 3.28. The van der Waals surface area contributed by atoms with Crippen molar-refractivity contribution in [2.75, 3.05) is 66.0 Å². The van der Waals surface area contributed by atoms with Gasteiger partial charge in [-0.15, -0.1) is 5.10 Å². The number of methoxy groups -OCH3 is 3. The van der Waals surface area contributed by atoms with Crippen LogP contribution in [-0.2, 0) is 11.3 Å². The van der Waals surface area contributed by atoms with Gasteiger partial charge in [0.25, 0.3) is 0 Å². The monoisotopic (exact) mass is 532 g/mol. The van der Waals surface area contributed by atoms with Crippen LogP contribution in [0, 0.1) is 0 Å². The molecule has 39 heavy (non-hydrogen) atoms. The van der Waals surface area contributed by atoms with Crippen LogP contribution in [-0.4, -0.2) is 96.3 Å². The molecule has 206 valence electrons. The average molecular weight is 533 g/mol. The van der Waals surface area contributed by atoms with Crippen LogP contribution >= 0.6 is 0 Å². The zero-order valence-electron chi connectivity index (χ0n) is 22.7. The molecular weight excluding hydrogens is 496 g/mol. The number of para-hydroxylation sites is 1. The van der Waals surface area contributed by atoms with Crippen LogP contribution in [0.1, 0.15) is 5.56 Å². The molecule has 3 heterocycles. The molecule has 0 aliphatic carbocycles. The van der Waals surface area contributed by atoms with E-state index >= 15 is 0 Å². The first-order valence-electron chi connectivity index (χ1n) is 13.1. The molecule has 0 bridgehead atoms. The van der Waals surface area contributed by atoms with Crippen molar-refractivity contribution in [2.24, 2.45) is 0 Å². The third-order valence-corrected chi connectivity index (χ3v) is 6.99. The van der Waals surface area contributed by atoms with Crippen LogP contribution in [0.15, 0.2) is 60.8 Å². The number of hydrogen-bond donors (Lipinski definition) is 2. The summed E-state index contributed by atoms with van der Waals surface area (Å²) in [6.07, 6.45) is 1.35. The van der Waals surface area contributed by atoms with Crippen molar-refractivity contribution in [1.82, 2.24) is 24.4 Å². The lowest BCUT2D eigenvalue weighted by Crippen LogP contribution is -2.48. The lowest BCUT2D eigenvalue weighted by atomic mass is 10.1. The highest BCUT2D eigenvalue weighted by Crippen LogP contribution is 2.32. The summed E-state index contributed by atoms with van der Waals surface area (Å²) < 4.78 is 18.2. The summed E-state index contributed by atoms with van der Waals surface area (Å²) in [7, 11) is 4.95. The van der Waals surface area contributed by atoms with E-state index in [4.69, 9.17) is 19.3 Å². The molecular formula is C29H36N6O4. The summed E-state index contributed by atoms with van der Waals surface area (Å²) in [6, 6.07) is 18.1. The van der Waals surface area contributed by atoms with E-state index in [1.807, 2.05) is 47.0 Å². The lowest BCUT2D eigenvalue weighted by molar-refractivity contribution is 0.0230. The minimum absolute atomic E-state index is 0.369. The maximum Gasteiger partial charge on any atom is 0.245 e. The highest BCUT2D eigenvalue weighted by Gasteiger charge is 2.20. The van der Waals surface area contributed by atoms with Gasteiger partial charge in [0.1, 0.15) is 11.5 Å². The molecule has 1 saturated heterocycles. The Bertz CT molecular complexity index is 1390. The fourth-order valence-electron chi connectivity index (χ4n) is 5.01. The van der Waals surface area contributed by atoms with Crippen LogP contribution in [0.3, 0.4) is 0 Å². The van der Waals surface area contributed by atoms with Crippen molar-refractivity contribution in [3.8, 4) is 22.8 Å². The Hall–Kier alpha value is -3.70. The van der Waals surface area contributed by atoms with Crippen molar-refractivity contribution in [3.05, 3.63) is 66.4 Å². The van der Waals surface area contributed by atoms with Gasteiger partial charge in [-0.1, -0.05) is 18.2 Å². The molecule has 1 atom stereocenters. The molecule has 5 rings (SSSR count). The molecule has 1 aliphatic heterocycles. The van der Waals surface area contributed by atoms with E-state index in [2.05, 4.69) is 32.2 Å². The number of fused-ring (bicyclic) bond motifs is 1. The van der Waals surface area contributed by atoms with E-state index < -0.39 is 6.10 Å². The Morgan fingerprint density at radius 2 is 1.69 bits per heavy atom. The second kappa shape index (κ2) is 12.4.